The standard InChI is InChI=1S/C13H19N5O3/c14-4-6-18-9-12(16-17-18)13(19)15-5-2-7-20-10-11-3-1-8-21-11/h1,3,8-9H,2,4-7,10,14H2,(H,15,19). The molecule has 0 aliphatic heterocycles. The topological polar surface area (TPSA) is 108 Å². The fraction of sp³-hybridized carbons (Fsp3) is 0.462. The minimum atomic E-state index is -0.246. The van der Waals surface area contributed by atoms with Crippen molar-refractivity contribution in [2.75, 3.05) is 19.7 Å². The van der Waals surface area contributed by atoms with E-state index in [1.807, 2.05) is 12.1 Å². The summed E-state index contributed by atoms with van der Waals surface area (Å²) in [5.74, 6) is 0.542. The van der Waals surface area contributed by atoms with Gasteiger partial charge in [0.05, 0.1) is 19.0 Å². The van der Waals surface area contributed by atoms with Crippen molar-refractivity contribution in [3.8, 4) is 0 Å². The first-order valence-corrected chi connectivity index (χ1v) is 6.78. The third-order valence-electron chi connectivity index (χ3n) is 2.70. The second kappa shape index (κ2) is 8.18. The molecule has 0 spiro atoms. The number of carbonyl (C=O) groups is 1. The third-order valence-corrected chi connectivity index (χ3v) is 2.70. The Bertz CT molecular complexity index is 538. The van der Waals surface area contributed by atoms with Gasteiger partial charge >= 0.3 is 0 Å². The highest BCUT2D eigenvalue weighted by atomic mass is 16.5. The van der Waals surface area contributed by atoms with Crippen LogP contribution >= 0.6 is 0 Å². The molecule has 0 radical (unpaired) electrons. The Labute approximate surface area is 122 Å². The number of nitrogens with one attached hydrogen (secondary N) is 1. The molecule has 0 bridgehead atoms. The van der Waals surface area contributed by atoms with Crippen LogP contribution in [0.1, 0.15) is 22.7 Å². The SMILES string of the molecule is NCCn1cc(C(=O)NCCCOCc2ccco2)nn1. The van der Waals surface area contributed by atoms with Crippen molar-refractivity contribution in [3.63, 3.8) is 0 Å². The molecular weight excluding hydrogens is 274 g/mol. The van der Waals surface area contributed by atoms with Crippen LogP contribution in [0.4, 0.5) is 0 Å². The highest BCUT2D eigenvalue weighted by Gasteiger charge is 2.09. The molecule has 0 unspecified atom stereocenters. The highest BCUT2D eigenvalue weighted by molar-refractivity contribution is 5.91. The first-order valence-electron chi connectivity index (χ1n) is 6.78. The normalized spacial score (nSPS) is 10.7. The van der Waals surface area contributed by atoms with Crippen molar-refractivity contribution in [1.29, 1.82) is 0 Å². The third kappa shape index (κ3) is 5.01. The van der Waals surface area contributed by atoms with Crippen molar-refractivity contribution in [1.82, 2.24) is 20.3 Å². The lowest BCUT2D eigenvalue weighted by atomic mass is 10.4. The summed E-state index contributed by atoms with van der Waals surface area (Å²) in [6, 6.07) is 3.67. The molecule has 0 aromatic carbocycles. The minimum absolute atomic E-state index is 0.246. The molecule has 0 aliphatic rings. The Balaban J connectivity index is 1.58. The van der Waals surface area contributed by atoms with Gasteiger partial charge in [0.1, 0.15) is 12.4 Å². The van der Waals surface area contributed by atoms with E-state index in [1.54, 1.807) is 17.1 Å². The number of aromatic nitrogens is 3. The number of carbonyl (C=O) groups excluding carboxylic acids is 1. The molecule has 2 aromatic rings. The number of hydrogen-bond acceptors (Lipinski definition) is 6. The van der Waals surface area contributed by atoms with Crippen LogP contribution in [0.15, 0.2) is 29.0 Å². The molecule has 8 nitrogen and oxygen atoms in total. The van der Waals surface area contributed by atoms with Gasteiger partial charge in [0.15, 0.2) is 5.69 Å². The molecule has 0 saturated carbocycles. The maximum absolute atomic E-state index is 11.8. The van der Waals surface area contributed by atoms with Gasteiger partial charge in [-0.1, -0.05) is 5.21 Å². The monoisotopic (exact) mass is 293 g/mol. The van der Waals surface area contributed by atoms with Gasteiger partial charge in [0, 0.05) is 19.7 Å². The number of hydrogen-bond donors (Lipinski definition) is 2. The highest BCUT2D eigenvalue weighted by Crippen LogP contribution is 2.01. The molecule has 21 heavy (non-hydrogen) atoms. The quantitative estimate of drug-likeness (QED) is 0.638. The maximum Gasteiger partial charge on any atom is 0.273 e. The number of nitrogens with two attached hydrogens (primary N) is 1. The number of furan rings is 1. The molecule has 2 aromatic heterocycles. The zero-order valence-corrected chi connectivity index (χ0v) is 11.7. The molecule has 0 aliphatic carbocycles. The summed E-state index contributed by atoms with van der Waals surface area (Å²) < 4.78 is 12.1. The molecule has 2 rings (SSSR count). The van der Waals surface area contributed by atoms with Crippen LogP contribution in [0.3, 0.4) is 0 Å². The van der Waals surface area contributed by atoms with Gasteiger partial charge in [-0.05, 0) is 18.6 Å². The van der Waals surface area contributed by atoms with Gasteiger partial charge in [0.2, 0.25) is 0 Å². The van der Waals surface area contributed by atoms with E-state index in [0.29, 0.717) is 45.0 Å². The minimum Gasteiger partial charge on any atom is -0.467 e. The van der Waals surface area contributed by atoms with Crippen molar-refractivity contribution < 1.29 is 13.9 Å². The zero-order chi connectivity index (χ0) is 14.9. The van der Waals surface area contributed by atoms with E-state index in [9.17, 15) is 4.79 Å². The predicted molar refractivity (Wildman–Crippen MR) is 74.4 cm³/mol. The summed E-state index contributed by atoms with van der Waals surface area (Å²) in [4.78, 5) is 11.8. The Kier molecular flexibility index (Phi) is 5.92. The van der Waals surface area contributed by atoms with Crippen LogP contribution < -0.4 is 11.1 Å². The van der Waals surface area contributed by atoms with Crippen molar-refractivity contribution in [2.45, 2.75) is 19.6 Å². The van der Waals surface area contributed by atoms with Crippen molar-refractivity contribution in [3.05, 3.63) is 36.0 Å². The molecule has 0 saturated heterocycles. The van der Waals surface area contributed by atoms with Gasteiger partial charge in [-0.3, -0.25) is 9.48 Å². The molecular formula is C13H19N5O3. The van der Waals surface area contributed by atoms with Crippen LogP contribution in [0.25, 0.3) is 0 Å². The average Bonchev–Trinajstić information content (AvgIpc) is 3.14. The molecule has 8 heteroatoms. The summed E-state index contributed by atoms with van der Waals surface area (Å²) in [5.41, 5.74) is 5.69. The van der Waals surface area contributed by atoms with Gasteiger partial charge < -0.3 is 20.2 Å². The van der Waals surface area contributed by atoms with Crippen LogP contribution in [-0.4, -0.2) is 40.6 Å². The molecule has 1 amide bonds. The fourth-order valence-corrected chi connectivity index (χ4v) is 1.68. The van der Waals surface area contributed by atoms with E-state index in [2.05, 4.69) is 15.6 Å². The predicted octanol–water partition coefficient (Wildman–Crippen LogP) is 0.166. The van der Waals surface area contributed by atoms with E-state index in [-0.39, 0.29) is 5.91 Å². The fourth-order valence-electron chi connectivity index (χ4n) is 1.68. The zero-order valence-electron chi connectivity index (χ0n) is 11.7. The lowest BCUT2D eigenvalue weighted by Crippen LogP contribution is -2.25. The van der Waals surface area contributed by atoms with Gasteiger partial charge in [-0.15, -0.1) is 5.10 Å². The first-order chi connectivity index (χ1) is 10.3. The number of rotatable bonds is 9. The number of ether oxygens (including phenoxy) is 1. The molecule has 0 fully saturated rings. The number of nitrogens with zero attached hydrogens (tertiary/aromatic N) is 3. The van der Waals surface area contributed by atoms with E-state index < -0.39 is 0 Å². The average molecular weight is 293 g/mol. The molecule has 2 heterocycles. The van der Waals surface area contributed by atoms with E-state index in [0.717, 1.165) is 5.76 Å². The summed E-state index contributed by atoms with van der Waals surface area (Å²) in [6.45, 7) is 2.49. The summed E-state index contributed by atoms with van der Waals surface area (Å²) >= 11 is 0. The molecule has 3 N–H and O–H groups in total. The van der Waals surface area contributed by atoms with E-state index in [1.165, 1.54) is 0 Å². The Morgan fingerprint density at radius 1 is 1.52 bits per heavy atom. The van der Waals surface area contributed by atoms with E-state index >= 15 is 0 Å². The maximum atomic E-state index is 11.8. The number of amides is 1. The summed E-state index contributed by atoms with van der Waals surface area (Å²) in [5, 5.41) is 10.3. The van der Waals surface area contributed by atoms with Crippen LogP contribution in [-0.2, 0) is 17.9 Å². The second-order valence-electron chi connectivity index (χ2n) is 4.40. The molecule has 0 atom stereocenters. The van der Waals surface area contributed by atoms with E-state index in [4.69, 9.17) is 14.9 Å². The largest absolute Gasteiger partial charge is 0.467 e. The van der Waals surface area contributed by atoms with Crippen molar-refractivity contribution in [2.24, 2.45) is 5.73 Å². The second-order valence-corrected chi connectivity index (χ2v) is 4.40. The molecule has 114 valence electrons. The van der Waals surface area contributed by atoms with Gasteiger partial charge in [-0.2, -0.15) is 0 Å². The first kappa shape index (κ1) is 15.2. The summed E-state index contributed by atoms with van der Waals surface area (Å²) in [7, 11) is 0. The Hall–Kier alpha value is -2.19. The van der Waals surface area contributed by atoms with Crippen LogP contribution in [0, 0.1) is 0 Å². The van der Waals surface area contributed by atoms with Crippen LogP contribution in [0.5, 0.6) is 0 Å². The van der Waals surface area contributed by atoms with Crippen LogP contribution in [0.2, 0.25) is 0 Å². The van der Waals surface area contributed by atoms with Gasteiger partial charge in [-0.25, -0.2) is 0 Å². The lowest BCUT2D eigenvalue weighted by molar-refractivity contribution is 0.0913. The Morgan fingerprint density at radius 3 is 3.19 bits per heavy atom. The Morgan fingerprint density at radius 2 is 2.43 bits per heavy atom. The van der Waals surface area contributed by atoms with Crippen molar-refractivity contribution >= 4 is 5.91 Å². The lowest BCUT2D eigenvalue weighted by Gasteiger charge is -2.03. The van der Waals surface area contributed by atoms with Gasteiger partial charge in [0.25, 0.3) is 5.91 Å². The summed E-state index contributed by atoms with van der Waals surface area (Å²) in [6.07, 6.45) is 3.90. The smallest absolute Gasteiger partial charge is 0.273 e.